The number of hydrogen-bond donors (Lipinski definition) is 2. The molecule has 2 N–H and O–H groups in total. The summed E-state index contributed by atoms with van der Waals surface area (Å²) in [6.07, 6.45) is 8.51. The van der Waals surface area contributed by atoms with Crippen LogP contribution in [0.1, 0.15) is 42.7 Å². The van der Waals surface area contributed by atoms with E-state index >= 15 is 0 Å². The molecule has 0 aromatic heterocycles. The number of nitrogens with one attached hydrogen (secondary N) is 1. The minimum Gasteiger partial charge on any atom is -0.508 e. The predicted octanol–water partition coefficient (Wildman–Crippen LogP) is 5.25. The van der Waals surface area contributed by atoms with Crippen LogP contribution in [0.2, 0.25) is 0 Å². The highest BCUT2D eigenvalue weighted by atomic mass is 16.5. The standard InChI is InChI=1S/C30H27NO6/c1-18-27(30(34)37-22-9-6-13-36-14-12-22)28(19-7-5-8-21(32)15-19)29-24(31-18)16-20(17-25(29)33)23-10-3-4-11-26(23)35-2/h3-15,20,28,31-32H,16-17H2,1-2H3/t20-,28-/m1/s1. The fourth-order valence-electron chi connectivity index (χ4n) is 5.19. The number of aromatic hydroxyl groups is 1. The zero-order chi connectivity index (χ0) is 25.9. The van der Waals surface area contributed by atoms with Crippen LogP contribution in [0, 0.1) is 0 Å². The van der Waals surface area contributed by atoms with Gasteiger partial charge in [-0.15, -0.1) is 0 Å². The number of benzene rings is 2. The number of Topliss-reactive ketones (excluding diaryl/α,β-unsaturated/α-hetero) is 1. The Hall–Kier alpha value is -4.52. The minimum atomic E-state index is -0.691. The third-order valence-corrected chi connectivity index (χ3v) is 6.77. The lowest BCUT2D eigenvalue weighted by Gasteiger charge is -2.37. The van der Waals surface area contributed by atoms with Crippen LogP contribution in [0.5, 0.6) is 11.5 Å². The largest absolute Gasteiger partial charge is 0.508 e. The lowest BCUT2D eigenvalue weighted by molar-refractivity contribution is -0.135. The molecule has 1 aliphatic carbocycles. The molecule has 2 aromatic carbocycles. The summed E-state index contributed by atoms with van der Waals surface area (Å²) in [7, 11) is 1.62. The van der Waals surface area contributed by atoms with Gasteiger partial charge in [-0.25, -0.2) is 4.79 Å². The van der Waals surface area contributed by atoms with Crippen molar-refractivity contribution in [2.75, 3.05) is 7.11 Å². The zero-order valence-corrected chi connectivity index (χ0v) is 20.6. The third-order valence-electron chi connectivity index (χ3n) is 6.77. The lowest BCUT2D eigenvalue weighted by atomic mass is 9.71. The number of dihydropyridines is 1. The van der Waals surface area contributed by atoms with Crippen LogP contribution in [-0.2, 0) is 19.1 Å². The van der Waals surface area contributed by atoms with E-state index in [1.807, 2.05) is 30.3 Å². The van der Waals surface area contributed by atoms with E-state index in [-0.39, 0.29) is 23.9 Å². The molecule has 0 fully saturated rings. The maximum atomic E-state index is 13.8. The van der Waals surface area contributed by atoms with Gasteiger partial charge in [0.1, 0.15) is 17.3 Å². The second kappa shape index (κ2) is 10.2. The number of methoxy groups -OCH3 is 1. The molecule has 2 aliphatic heterocycles. The molecule has 2 aromatic rings. The molecule has 2 atom stereocenters. The summed E-state index contributed by atoms with van der Waals surface area (Å²) in [5.74, 6) is -0.325. The fraction of sp³-hybridized carbons (Fsp3) is 0.200. The number of rotatable bonds is 5. The summed E-state index contributed by atoms with van der Waals surface area (Å²) in [5, 5.41) is 13.6. The first-order valence-electron chi connectivity index (χ1n) is 12.0. The van der Waals surface area contributed by atoms with Gasteiger partial charge in [0, 0.05) is 41.3 Å². The second-order valence-corrected chi connectivity index (χ2v) is 9.08. The van der Waals surface area contributed by atoms with E-state index in [1.54, 1.807) is 50.5 Å². The van der Waals surface area contributed by atoms with Gasteiger partial charge < -0.3 is 24.6 Å². The highest BCUT2D eigenvalue weighted by molar-refractivity contribution is 6.04. The average molecular weight is 498 g/mol. The highest BCUT2D eigenvalue weighted by Crippen LogP contribution is 2.47. The smallest absolute Gasteiger partial charge is 0.342 e. The molecule has 37 heavy (non-hydrogen) atoms. The third kappa shape index (κ3) is 4.80. The predicted molar refractivity (Wildman–Crippen MR) is 137 cm³/mol. The monoisotopic (exact) mass is 497 g/mol. The lowest BCUT2D eigenvalue weighted by Crippen LogP contribution is -2.36. The van der Waals surface area contributed by atoms with Gasteiger partial charge in [0.05, 0.1) is 25.2 Å². The van der Waals surface area contributed by atoms with E-state index < -0.39 is 11.9 Å². The second-order valence-electron chi connectivity index (χ2n) is 9.08. The van der Waals surface area contributed by atoms with Gasteiger partial charge in [0.15, 0.2) is 5.78 Å². The molecule has 0 spiro atoms. The Labute approximate surface area is 215 Å². The maximum absolute atomic E-state index is 13.8. The summed E-state index contributed by atoms with van der Waals surface area (Å²) in [4.78, 5) is 27.3. The molecule has 0 unspecified atom stereocenters. The van der Waals surface area contributed by atoms with Gasteiger partial charge in [-0.05, 0) is 54.8 Å². The van der Waals surface area contributed by atoms with Crippen LogP contribution in [0.15, 0.2) is 108 Å². The van der Waals surface area contributed by atoms with Gasteiger partial charge in [-0.2, -0.15) is 0 Å². The number of para-hydroxylation sites is 1. The number of phenolic OH excluding ortho intramolecular Hbond substituents is 1. The topological polar surface area (TPSA) is 94.1 Å². The first-order valence-corrected chi connectivity index (χ1v) is 12.0. The normalized spacial score (nSPS) is 20.9. The summed E-state index contributed by atoms with van der Waals surface area (Å²) in [5.41, 5.74) is 3.79. The van der Waals surface area contributed by atoms with Crippen molar-refractivity contribution in [2.45, 2.75) is 31.6 Å². The first-order chi connectivity index (χ1) is 18.0. The Morgan fingerprint density at radius 3 is 2.76 bits per heavy atom. The van der Waals surface area contributed by atoms with Crippen LogP contribution in [0.3, 0.4) is 0 Å². The Balaban J connectivity index is 1.56. The fourth-order valence-corrected chi connectivity index (χ4v) is 5.19. The molecule has 188 valence electrons. The zero-order valence-electron chi connectivity index (χ0n) is 20.6. The first kappa shape index (κ1) is 24.2. The van der Waals surface area contributed by atoms with Crippen molar-refractivity contribution in [1.82, 2.24) is 5.32 Å². The summed E-state index contributed by atoms with van der Waals surface area (Å²) in [6.45, 7) is 1.80. The van der Waals surface area contributed by atoms with Gasteiger partial charge in [0.2, 0.25) is 0 Å². The Morgan fingerprint density at radius 2 is 1.95 bits per heavy atom. The molecular formula is C30H27NO6. The van der Waals surface area contributed by atoms with Crippen LogP contribution in [0.4, 0.5) is 0 Å². The average Bonchev–Trinajstić information content (AvgIpc) is 3.16. The van der Waals surface area contributed by atoms with Crippen molar-refractivity contribution < 1.29 is 28.9 Å². The minimum absolute atomic E-state index is 0.0513. The molecule has 7 nitrogen and oxygen atoms in total. The molecular weight excluding hydrogens is 470 g/mol. The van der Waals surface area contributed by atoms with Crippen molar-refractivity contribution in [3.63, 3.8) is 0 Å². The van der Waals surface area contributed by atoms with E-state index in [9.17, 15) is 14.7 Å². The van der Waals surface area contributed by atoms with E-state index in [0.29, 0.717) is 34.6 Å². The molecule has 0 radical (unpaired) electrons. The van der Waals surface area contributed by atoms with E-state index in [2.05, 4.69) is 5.32 Å². The SMILES string of the molecule is COc1ccccc1[C@H]1CC(=O)C2=C(C1)NC(C)=C(C(=O)OC1=CC=COC=C1)[C@H]2c1cccc(O)c1. The number of carbonyl (C=O) groups is 2. The summed E-state index contributed by atoms with van der Waals surface area (Å²) in [6, 6.07) is 14.4. The van der Waals surface area contributed by atoms with E-state index in [4.69, 9.17) is 14.2 Å². The van der Waals surface area contributed by atoms with E-state index in [0.717, 1.165) is 17.0 Å². The molecule has 3 aliphatic rings. The number of ether oxygens (including phenoxy) is 3. The molecule has 0 amide bonds. The number of carbonyl (C=O) groups excluding carboxylic acids is 2. The van der Waals surface area contributed by atoms with Crippen LogP contribution < -0.4 is 10.1 Å². The summed E-state index contributed by atoms with van der Waals surface area (Å²) >= 11 is 0. The van der Waals surface area contributed by atoms with Crippen molar-refractivity contribution in [2.24, 2.45) is 0 Å². The molecule has 2 heterocycles. The number of allylic oxidation sites excluding steroid dienone is 6. The molecule has 0 bridgehead atoms. The van der Waals surface area contributed by atoms with E-state index in [1.165, 1.54) is 12.5 Å². The van der Waals surface area contributed by atoms with Gasteiger partial charge >= 0.3 is 5.97 Å². The number of esters is 1. The Bertz CT molecular complexity index is 1410. The van der Waals surface area contributed by atoms with Gasteiger partial charge in [0.25, 0.3) is 0 Å². The molecule has 0 saturated heterocycles. The number of phenols is 1. The van der Waals surface area contributed by atoms with Gasteiger partial charge in [-0.3, -0.25) is 4.79 Å². The van der Waals surface area contributed by atoms with Crippen molar-refractivity contribution in [3.05, 3.63) is 119 Å². The molecule has 0 saturated carbocycles. The maximum Gasteiger partial charge on any atom is 0.342 e. The number of hydrogen-bond acceptors (Lipinski definition) is 7. The van der Waals surface area contributed by atoms with Crippen molar-refractivity contribution in [3.8, 4) is 11.5 Å². The molecule has 7 heteroatoms. The number of ketones is 1. The van der Waals surface area contributed by atoms with Crippen LogP contribution in [-0.4, -0.2) is 24.0 Å². The summed E-state index contributed by atoms with van der Waals surface area (Å²) < 4.78 is 16.4. The van der Waals surface area contributed by atoms with Crippen LogP contribution >= 0.6 is 0 Å². The Kier molecular flexibility index (Phi) is 6.68. The Morgan fingerprint density at radius 1 is 1.11 bits per heavy atom. The molecule has 5 rings (SSSR count). The highest BCUT2D eigenvalue weighted by Gasteiger charge is 2.42. The van der Waals surface area contributed by atoms with Crippen LogP contribution in [0.25, 0.3) is 0 Å². The van der Waals surface area contributed by atoms with Crippen molar-refractivity contribution in [1.29, 1.82) is 0 Å². The quantitative estimate of drug-likeness (QED) is 0.545. The van der Waals surface area contributed by atoms with Gasteiger partial charge in [-0.1, -0.05) is 30.3 Å². The van der Waals surface area contributed by atoms with Crippen molar-refractivity contribution >= 4 is 11.8 Å².